The minimum absolute atomic E-state index is 0.0294. The second-order valence-corrected chi connectivity index (χ2v) is 25.3. The maximum absolute atomic E-state index is 12.3. The molecule has 10 heterocycles. The van der Waals surface area contributed by atoms with Crippen molar-refractivity contribution in [3.8, 4) is 0 Å². The molecule has 0 saturated heterocycles. The number of carbonyl (C=O) groups excluding carboxylic acids is 1. The summed E-state index contributed by atoms with van der Waals surface area (Å²) in [4.78, 5) is 54.0. The van der Waals surface area contributed by atoms with Crippen LogP contribution in [0.5, 0.6) is 0 Å². The molecule has 0 fully saturated rings. The Bertz CT molecular complexity index is 3120. The van der Waals surface area contributed by atoms with Crippen molar-refractivity contribution in [1.82, 2.24) is 39.9 Å². The lowest BCUT2D eigenvalue weighted by Crippen LogP contribution is -2.26. The Hall–Kier alpha value is -6.62. The lowest BCUT2D eigenvalue weighted by atomic mass is 9.83. The van der Waals surface area contributed by atoms with Crippen molar-refractivity contribution in [1.29, 1.82) is 0 Å². The smallest absolute Gasteiger partial charge is 0.307 e. The van der Waals surface area contributed by atoms with Gasteiger partial charge in [-0.15, -0.1) is 0 Å². The van der Waals surface area contributed by atoms with Crippen molar-refractivity contribution in [3.63, 3.8) is 0 Å². The van der Waals surface area contributed by atoms with Crippen LogP contribution in [0.25, 0.3) is 0 Å². The molecule has 2 aliphatic rings. The highest BCUT2D eigenvalue weighted by molar-refractivity contribution is 5.79. The van der Waals surface area contributed by atoms with Gasteiger partial charge in [0.25, 0.3) is 0 Å². The van der Waals surface area contributed by atoms with Gasteiger partial charge >= 0.3 is 5.97 Å². The largest absolute Gasteiger partial charge is 0.481 e. The summed E-state index contributed by atoms with van der Waals surface area (Å²) in [6, 6.07) is 30.5. The molecule has 0 radical (unpaired) electrons. The molecule has 0 atom stereocenters. The van der Waals surface area contributed by atoms with E-state index in [1.807, 2.05) is 6.07 Å². The molecule has 11 heteroatoms. The molecule has 72 heavy (non-hydrogen) atoms. The highest BCUT2D eigenvalue weighted by atomic mass is 16.4. The highest BCUT2D eigenvalue weighted by Crippen LogP contribution is 2.45. The van der Waals surface area contributed by atoms with Crippen LogP contribution in [0.2, 0.25) is 0 Å². The summed E-state index contributed by atoms with van der Waals surface area (Å²) in [5.74, 6) is -0.665. The third-order valence-electron chi connectivity index (χ3n) is 17.4. The molecule has 0 spiro atoms. The molecule has 0 amide bonds. The van der Waals surface area contributed by atoms with E-state index in [-0.39, 0.29) is 50.1 Å². The fourth-order valence-corrected chi connectivity index (χ4v) is 11.4. The van der Waals surface area contributed by atoms with E-state index in [0.29, 0.717) is 6.42 Å². The molecule has 9 N–H and O–H groups in total. The van der Waals surface area contributed by atoms with E-state index in [0.717, 1.165) is 85.1 Å². The van der Waals surface area contributed by atoms with Crippen molar-refractivity contribution in [2.45, 2.75) is 174 Å². The quantitative estimate of drug-likeness (QED) is 0.0853. The standard InChI is InChI=1S/C31H40N4O.C30H38N4O2/c1-18(36)16-19-17-26-30(6,7)24-13-12-22(33-24)28(2,3)20-10-11-21(32-20)29(4,5)23-14-15-25(34-23)31(8,9)27(19)35-26;1-27(2)18-9-10-19(31-18)28(3,4)21-13-14-23(33-21)30(7,8)26-17(16-25(35)36)15-24(34-26)29(5,6)22-12-11-20(27)32-22/h10-15,17,32-35H,16H2,1-9H3;9-15,31-34H,16H2,1-8H3,(H,35,36). The van der Waals surface area contributed by atoms with Crippen LogP contribution in [0.1, 0.15) is 220 Å². The first-order chi connectivity index (χ1) is 33.3. The summed E-state index contributed by atoms with van der Waals surface area (Å²) >= 11 is 0. The van der Waals surface area contributed by atoms with Crippen LogP contribution in [0.15, 0.2) is 84.9 Å². The monoisotopic (exact) mass is 971 g/mol. The summed E-state index contributed by atoms with van der Waals surface area (Å²) in [5.41, 5.74) is 17.2. The van der Waals surface area contributed by atoms with Crippen molar-refractivity contribution in [3.05, 3.63) is 187 Å². The molecular weight excluding hydrogens is 893 g/mol. The van der Waals surface area contributed by atoms with Crippen LogP contribution in [0, 0.1) is 0 Å². The number of nitrogens with one attached hydrogen (secondary N) is 8. The van der Waals surface area contributed by atoms with E-state index in [1.165, 1.54) is 17.1 Å². The van der Waals surface area contributed by atoms with Gasteiger partial charge in [-0.1, -0.05) is 0 Å². The molecule has 0 aromatic carbocycles. The van der Waals surface area contributed by atoms with E-state index in [4.69, 9.17) is 0 Å². The number of hydrogen-bond donors (Lipinski definition) is 9. The molecule has 0 aliphatic carbocycles. The van der Waals surface area contributed by atoms with Gasteiger partial charge in [0.15, 0.2) is 0 Å². The number of aromatic nitrogens is 8. The lowest BCUT2D eigenvalue weighted by molar-refractivity contribution is -0.136. The summed E-state index contributed by atoms with van der Waals surface area (Å²) in [6.07, 6.45) is 0.386. The number of Topliss-reactive ketones (excluding diaryl/α,β-unsaturated/α-hetero) is 1. The van der Waals surface area contributed by atoms with Gasteiger partial charge in [-0.3, -0.25) is 9.59 Å². The second-order valence-electron chi connectivity index (χ2n) is 25.3. The average Bonchev–Trinajstić information content (AvgIpc) is 4.14. The van der Waals surface area contributed by atoms with Gasteiger partial charge in [0.2, 0.25) is 0 Å². The summed E-state index contributed by atoms with van der Waals surface area (Å²) < 4.78 is 0. The summed E-state index contributed by atoms with van der Waals surface area (Å²) in [5, 5.41) is 9.71. The topological polar surface area (TPSA) is 181 Å². The first-order valence-corrected chi connectivity index (χ1v) is 25.7. The number of fused-ring (bicyclic) bond motifs is 16. The number of ketones is 1. The van der Waals surface area contributed by atoms with Crippen LogP contribution in [0.4, 0.5) is 0 Å². The minimum atomic E-state index is -0.833. The van der Waals surface area contributed by atoms with E-state index in [1.54, 1.807) is 6.92 Å². The number of hydrogen-bond acceptors (Lipinski definition) is 2. The van der Waals surface area contributed by atoms with Crippen molar-refractivity contribution in [2.24, 2.45) is 0 Å². The third-order valence-corrected chi connectivity index (χ3v) is 17.4. The van der Waals surface area contributed by atoms with Gasteiger partial charge < -0.3 is 45.0 Å². The second kappa shape index (κ2) is 16.5. The van der Waals surface area contributed by atoms with Crippen molar-refractivity contribution in [2.75, 3.05) is 0 Å². The Balaban J connectivity index is 0.000000178. The Labute approximate surface area is 425 Å². The van der Waals surface area contributed by atoms with Crippen LogP contribution in [0.3, 0.4) is 0 Å². The van der Waals surface area contributed by atoms with Crippen LogP contribution in [-0.4, -0.2) is 56.7 Å². The van der Waals surface area contributed by atoms with Crippen LogP contribution >= 0.6 is 0 Å². The molecule has 8 aromatic rings. The van der Waals surface area contributed by atoms with Gasteiger partial charge in [-0.05, 0) is 214 Å². The molecule has 380 valence electrons. The predicted molar refractivity (Wildman–Crippen MR) is 289 cm³/mol. The molecule has 0 saturated carbocycles. The fourth-order valence-electron chi connectivity index (χ4n) is 11.4. The molecule has 0 unspecified atom stereocenters. The third kappa shape index (κ3) is 8.02. The van der Waals surface area contributed by atoms with E-state index < -0.39 is 11.4 Å². The van der Waals surface area contributed by atoms with Gasteiger partial charge in [0, 0.05) is 141 Å². The summed E-state index contributed by atoms with van der Waals surface area (Å²) in [7, 11) is 0. The molecule has 11 nitrogen and oxygen atoms in total. The predicted octanol–water partition coefficient (Wildman–Crippen LogP) is 13.0. The zero-order chi connectivity index (χ0) is 52.5. The normalized spacial score (nSPS) is 19.2. The Kier molecular flexibility index (Phi) is 11.5. The van der Waals surface area contributed by atoms with E-state index >= 15 is 0 Å². The lowest BCUT2D eigenvalue weighted by Gasteiger charge is -2.28. The number of rotatable bonds is 4. The molecule has 2 aliphatic heterocycles. The Morgan fingerprint density at radius 3 is 0.722 bits per heavy atom. The SMILES string of the molecule is CC(=O)Cc1cc2[nH]c1C(C)(C)c1ccc([nH]1)C(C)(C)c1ccc([nH]1)C(C)(C)c1ccc([nH]1)C2(C)C.CC1(C)c2ccc([nH]2)C(C)(C)c2ccc([nH]2)C(C)(C)c2[nH]c(cc2CC(=O)O)C(C)(C)c2ccc1[nH]2. The number of aromatic amines is 8. The van der Waals surface area contributed by atoms with Gasteiger partial charge in [-0.25, -0.2) is 0 Å². The highest BCUT2D eigenvalue weighted by Gasteiger charge is 2.40. The summed E-state index contributed by atoms with van der Waals surface area (Å²) in [6.45, 7) is 37.2. The zero-order valence-corrected chi connectivity index (χ0v) is 45.8. The number of carbonyl (C=O) groups is 2. The molecule has 8 aromatic heterocycles. The maximum atomic E-state index is 12.3. The first kappa shape index (κ1) is 50.3. The first-order valence-electron chi connectivity index (χ1n) is 25.7. The van der Waals surface area contributed by atoms with Gasteiger partial charge in [0.05, 0.1) is 6.42 Å². The molecule has 16 bridgehead atoms. The van der Waals surface area contributed by atoms with Crippen molar-refractivity contribution < 1.29 is 14.7 Å². The molecular formula is C61H78N8O3. The van der Waals surface area contributed by atoms with Crippen LogP contribution in [-0.2, 0) is 65.8 Å². The van der Waals surface area contributed by atoms with Gasteiger partial charge in [-0.2, -0.15) is 0 Å². The Morgan fingerprint density at radius 2 is 0.514 bits per heavy atom. The number of carboxylic acids is 1. The van der Waals surface area contributed by atoms with Crippen molar-refractivity contribution >= 4 is 11.8 Å². The zero-order valence-electron chi connectivity index (χ0n) is 45.8. The van der Waals surface area contributed by atoms with E-state index in [2.05, 4.69) is 230 Å². The average molecular weight is 971 g/mol. The molecule has 10 rings (SSSR count). The van der Waals surface area contributed by atoms with Crippen LogP contribution < -0.4 is 0 Å². The maximum Gasteiger partial charge on any atom is 0.307 e. The number of H-pyrrole nitrogens is 8. The number of aliphatic carboxylic acids is 1. The number of carboxylic acid groups (broad SMARTS) is 1. The van der Waals surface area contributed by atoms with E-state index in [9.17, 15) is 14.7 Å². The minimum Gasteiger partial charge on any atom is -0.481 e. The Morgan fingerprint density at radius 1 is 0.319 bits per heavy atom. The fraction of sp³-hybridized carbons (Fsp3) is 0.443. The van der Waals surface area contributed by atoms with Gasteiger partial charge in [0.1, 0.15) is 5.78 Å².